The van der Waals surface area contributed by atoms with E-state index in [9.17, 15) is 14.7 Å². The van der Waals surface area contributed by atoms with Crippen molar-refractivity contribution in [1.29, 1.82) is 0 Å². The number of benzene rings is 2. The summed E-state index contributed by atoms with van der Waals surface area (Å²) in [6, 6.07) is 15.6. The fourth-order valence-electron chi connectivity index (χ4n) is 3.74. The lowest BCUT2D eigenvalue weighted by Gasteiger charge is -2.19. The Labute approximate surface area is 226 Å². The standard InChI is InChI=1S/C27H24ClN7O4/c1-27(2,3)39-25(37)15-6-4-8-18(10-15)31-22-13-21(30-19-9-5-7-17(28)12-19)33-23-16(14-29-35(22)23)11-20-24(36)34-26(38)32-20/h4-14,30,36H,1-3H3,(H2,32,34,38)/b16-11-,31-22?. The monoisotopic (exact) mass is 545 g/mol. The molecule has 5 rings (SSSR count). The lowest BCUT2D eigenvalue weighted by Crippen LogP contribution is -2.23. The summed E-state index contributed by atoms with van der Waals surface area (Å²) < 4.78 is 7.00. The fourth-order valence-corrected chi connectivity index (χ4v) is 3.93. The van der Waals surface area contributed by atoms with Crippen molar-refractivity contribution < 1.29 is 14.6 Å². The van der Waals surface area contributed by atoms with Gasteiger partial charge in [0, 0.05) is 22.0 Å². The molecule has 0 saturated heterocycles. The first kappa shape index (κ1) is 25.7. The van der Waals surface area contributed by atoms with Crippen LogP contribution in [-0.4, -0.2) is 41.2 Å². The van der Waals surface area contributed by atoms with Gasteiger partial charge in [0.15, 0.2) is 11.1 Å². The summed E-state index contributed by atoms with van der Waals surface area (Å²) in [5.41, 5.74) is 1.34. The maximum Gasteiger partial charge on any atom is 0.338 e. The summed E-state index contributed by atoms with van der Waals surface area (Å²) >= 11 is 6.15. The normalized spacial score (nSPS) is 12.7. The number of anilines is 2. The van der Waals surface area contributed by atoms with Crippen molar-refractivity contribution in [1.82, 2.24) is 24.6 Å². The molecule has 11 nitrogen and oxygen atoms in total. The van der Waals surface area contributed by atoms with Crippen molar-refractivity contribution in [2.45, 2.75) is 26.4 Å². The minimum atomic E-state index is -0.636. The van der Waals surface area contributed by atoms with Gasteiger partial charge < -0.3 is 20.1 Å². The molecule has 2 aromatic carbocycles. The number of imidazole rings is 1. The van der Waals surface area contributed by atoms with Crippen LogP contribution in [0.25, 0.3) is 11.7 Å². The number of halogens is 1. The average Bonchev–Trinajstić information content (AvgIpc) is 3.40. The van der Waals surface area contributed by atoms with Crippen LogP contribution in [-0.2, 0) is 4.74 Å². The molecule has 0 atom stereocenters. The lowest BCUT2D eigenvalue weighted by atomic mass is 10.1. The predicted molar refractivity (Wildman–Crippen MR) is 146 cm³/mol. The maximum atomic E-state index is 12.6. The molecule has 0 unspecified atom stereocenters. The Bertz CT molecular complexity index is 1880. The van der Waals surface area contributed by atoms with Crippen molar-refractivity contribution in [2.24, 2.45) is 4.99 Å². The highest BCUT2D eigenvalue weighted by Gasteiger charge is 2.18. The number of H-pyrrole nitrogens is 2. The zero-order chi connectivity index (χ0) is 27.7. The van der Waals surface area contributed by atoms with Crippen LogP contribution < -0.4 is 21.7 Å². The summed E-state index contributed by atoms with van der Waals surface area (Å²) in [7, 11) is 0. The van der Waals surface area contributed by atoms with Gasteiger partial charge in [0.2, 0.25) is 5.88 Å². The van der Waals surface area contributed by atoms with E-state index in [2.05, 4.69) is 25.4 Å². The summed E-state index contributed by atoms with van der Waals surface area (Å²) in [6.45, 7) is 5.41. The molecule has 0 aliphatic carbocycles. The third-order valence-electron chi connectivity index (χ3n) is 5.34. The second kappa shape index (κ2) is 10.1. The molecule has 3 aromatic heterocycles. The SMILES string of the molecule is CC(C)(C)OC(=O)c1cccc(N=c2cc(Nc3cccc(Cl)c3)nc3/c(=C\c4[nH]c(=O)[nH]c4O)cnn23)c1. The van der Waals surface area contributed by atoms with E-state index in [1.54, 1.807) is 75.4 Å². The number of rotatable bonds is 5. The molecule has 0 saturated carbocycles. The zero-order valence-electron chi connectivity index (χ0n) is 21.2. The Hall–Kier alpha value is -4.90. The number of fused-ring (bicyclic) bond motifs is 1. The number of carbonyl (C=O) groups is 1. The molecule has 39 heavy (non-hydrogen) atoms. The highest BCUT2D eigenvalue weighted by atomic mass is 35.5. The third-order valence-corrected chi connectivity index (χ3v) is 5.57. The van der Waals surface area contributed by atoms with E-state index in [0.717, 1.165) is 0 Å². The van der Waals surface area contributed by atoms with Crippen LogP contribution in [0.2, 0.25) is 5.02 Å². The molecule has 3 heterocycles. The van der Waals surface area contributed by atoms with Crippen LogP contribution in [0.3, 0.4) is 0 Å². The molecule has 198 valence electrons. The molecule has 0 bridgehead atoms. The molecule has 0 radical (unpaired) electrons. The zero-order valence-corrected chi connectivity index (χ0v) is 21.9. The van der Waals surface area contributed by atoms with Crippen molar-refractivity contribution in [3.05, 3.63) is 98.3 Å². The molecule has 0 fully saturated rings. The molecule has 4 N–H and O–H groups in total. The Kier molecular flexibility index (Phi) is 6.67. The van der Waals surface area contributed by atoms with Gasteiger partial charge in [-0.3, -0.25) is 4.98 Å². The Balaban J connectivity index is 1.66. The predicted octanol–water partition coefficient (Wildman–Crippen LogP) is 3.58. The minimum Gasteiger partial charge on any atom is -0.493 e. The highest BCUT2D eigenvalue weighted by Crippen LogP contribution is 2.20. The summed E-state index contributed by atoms with van der Waals surface area (Å²) in [6.07, 6.45) is 3.07. The molecular formula is C27H24ClN7O4. The largest absolute Gasteiger partial charge is 0.493 e. The topological polar surface area (TPSA) is 150 Å². The number of esters is 1. The van der Waals surface area contributed by atoms with Gasteiger partial charge in [-0.1, -0.05) is 23.7 Å². The number of aromatic nitrogens is 5. The van der Waals surface area contributed by atoms with Crippen LogP contribution in [0.15, 0.2) is 70.6 Å². The van der Waals surface area contributed by atoms with Crippen LogP contribution in [0.1, 0.15) is 36.8 Å². The molecule has 5 aromatic rings. The van der Waals surface area contributed by atoms with Gasteiger partial charge in [0.25, 0.3) is 0 Å². The van der Waals surface area contributed by atoms with Crippen LogP contribution in [0, 0.1) is 0 Å². The van der Waals surface area contributed by atoms with Crippen LogP contribution in [0.5, 0.6) is 5.88 Å². The van der Waals surface area contributed by atoms with Gasteiger partial charge in [-0.15, -0.1) is 0 Å². The first-order valence-corrected chi connectivity index (χ1v) is 12.2. The van der Waals surface area contributed by atoms with E-state index in [1.807, 2.05) is 6.07 Å². The second-order valence-electron chi connectivity index (χ2n) is 9.62. The number of aromatic hydroxyl groups is 1. The average molecular weight is 546 g/mol. The van der Waals surface area contributed by atoms with Crippen molar-refractivity contribution in [2.75, 3.05) is 5.32 Å². The van der Waals surface area contributed by atoms with E-state index < -0.39 is 17.3 Å². The smallest absolute Gasteiger partial charge is 0.338 e. The number of aromatic amines is 2. The first-order chi connectivity index (χ1) is 18.5. The van der Waals surface area contributed by atoms with E-state index in [0.29, 0.717) is 44.1 Å². The lowest BCUT2D eigenvalue weighted by molar-refractivity contribution is 0.00695. The molecule has 12 heteroatoms. The molecule has 0 aliphatic rings. The van der Waals surface area contributed by atoms with Crippen LogP contribution in [0.4, 0.5) is 17.2 Å². The van der Waals surface area contributed by atoms with Crippen molar-refractivity contribution in [3.63, 3.8) is 0 Å². The van der Waals surface area contributed by atoms with Crippen LogP contribution >= 0.6 is 11.6 Å². The number of carbonyl (C=O) groups excluding carboxylic acids is 1. The summed E-state index contributed by atoms with van der Waals surface area (Å²) in [5.74, 6) is -0.329. The number of hydrogen-bond acceptors (Lipinski definition) is 8. The van der Waals surface area contributed by atoms with Crippen molar-refractivity contribution in [3.8, 4) is 5.88 Å². The van der Waals surface area contributed by atoms with E-state index in [4.69, 9.17) is 21.3 Å². The van der Waals surface area contributed by atoms with E-state index >= 15 is 0 Å². The molecule has 0 aliphatic heterocycles. The summed E-state index contributed by atoms with van der Waals surface area (Å²) in [4.78, 5) is 38.4. The van der Waals surface area contributed by atoms with Gasteiger partial charge in [0.05, 0.1) is 17.4 Å². The van der Waals surface area contributed by atoms with Gasteiger partial charge in [-0.25, -0.2) is 19.6 Å². The Morgan fingerprint density at radius 3 is 2.67 bits per heavy atom. The fraction of sp³-hybridized carbons (Fsp3) is 0.148. The van der Waals surface area contributed by atoms with Crippen molar-refractivity contribution >= 4 is 46.5 Å². The third kappa shape index (κ3) is 5.99. The maximum absolute atomic E-state index is 12.6. The second-order valence-corrected chi connectivity index (χ2v) is 10.1. The minimum absolute atomic E-state index is 0.174. The number of nitrogens with zero attached hydrogens (tertiary/aromatic N) is 4. The van der Waals surface area contributed by atoms with Gasteiger partial charge >= 0.3 is 11.7 Å². The van der Waals surface area contributed by atoms with Gasteiger partial charge in [-0.05, 0) is 63.2 Å². The van der Waals surface area contributed by atoms with Gasteiger partial charge in [-0.2, -0.15) is 9.61 Å². The molecule has 0 amide bonds. The van der Waals surface area contributed by atoms with E-state index in [-0.39, 0.29) is 11.6 Å². The Morgan fingerprint density at radius 1 is 1.15 bits per heavy atom. The number of nitrogens with one attached hydrogen (secondary N) is 3. The highest BCUT2D eigenvalue weighted by molar-refractivity contribution is 6.30. The van der Waals surface area contributed by atoms with Gasteiger partial charge in [0.1, 0.15) is 17.1 Å². The summed E-state index contributed by atoms with van der Waals surface area (Å²) in [5, 5.41) is 18.7. The quantitative estimate of drug-likeness (QED) is 0.246. The molecule has 0 spiro atoms. The first-order valence-electron chi connectivity index (χ1n) is 11.9. The number of ether oxygens (including phenoxy) is 1. The van der Waals surface area contributed by atoms with E-state index in [1.165, 1.54) is 10.7 Å². The number of hydrogen-bond donors (Lipinski definition) is 4. The Morgan fingerprint density at radius 2 is 1.95 bits per heavy atom. The molecular weight excluding hydrogens is 522 g/mol.